The third kappa shape index (κ3) is 6.38. The van der Waals surface area contributed by atoms with Crippen LogP contribution >= 0.6 is 0 Å². The van der Waals surface area contributed by atoms with Crippen molar-refractivity contribution in [3.05, 3.63) is 35.9 Å². The lowest BCUT2D eigenvalue weighted by Gasteiger charge is -2.08. The Balaban J connectivity index is 0. The van der Waals surface area contributed by atoms with Gasteiger partial charge in [0.05, 0.1) is 0 Å². The average molecular weight is 195 g/mol. The molecule has 0 amide bonds. The van der Waals surface area contributed by atoms with Crippen LogP contribution in [0.4, 0.5) is 0 Å². The molecule has 1 atom stereocenters. The largest absolute Gasteiger partial charge is 0.313 e. The van der Waals surface area contributed by atoms with Crippen molar-refractivity contribution in [3.8, 4) is 0 Å². The normalized spacial score (nSPS) is 10.0. The fourth-order valence-corrected chi connectivity index (χ4v) is 0.908. The van der Waals surface area contributed by atoms with Gasteiger partial charge in [-0.1, -0.05) is 44.2 Å². The van der Waals surface area contributed by atoms with Crippen molar-refractivity contribution in [3.63, 3.8) is 0 Å². The van der Waals surface area contributed by atoms with Crippen LogP contribution in [0.15, 0.2) is 30.3 Å². The molecule has 0 heterocycles. The van der Waals surface area contributed by atoms with Gasteiger partial charge in [-0.15, -0.1) is 0 Å². The summed E-state index contributed by atoms with van der Waals surface area (Å²) in [6.45, 7) is 8.15. The molecular formula is C12H21NO. The van der Waals surface area contributed by atoms with Gasteiger partial charge in [0.25, 0.3) is 0 Å². The number of carbonyl (C=O) groups is 1. The van der Waals surface area contributed by atoms with E-state index in [1.165, 1.54) is 5.56 Å². The molecule has 0 aliphatic rings. The van der Waals surface area contributed by atoms with Gasteiger partial charge in [-0.2, -0.15) is 0 Å². The quantitative estimate of drug-likeness (QED) is 0.786. The van der Waals surface area contributed by atoms with Crippen molar-refractivity contribution < 1.29 is 4.79 Å². The van der Waals surface area contributed by atoms with Gasteiger partial charge in [0.15, 0.2) is 0 Å². The number of hydrogen-bond donors (Lipinski definition) is 1. The minimum Gasteiger partial charge on any atom is -0.313 e. The van der Waals surface area contributed by atoms with Crippen LogP contribution in [0.5, 0.6) is 0 Å². The van der Waals surface area contributed by atoms with E-state index in [9.17, 15) is 0 Å². The van der Waals surface area contributed by atoms with Gasteiger partial charge in [-0.3, -0.25) is 0 Å². The van der Waals surface area contributed by atoms with Crippen LogP contribution < -0.4 is 5.32 Å². The van der Waals surface area contributed by atoms with E-state index in [4.69, 9.17) is 4.79 Å². The summed E-state index contributed by atoms with van der Waals surface area (Å²) in [5.74, 6) is 0. The summed E-state index contributed by atoms with van der Waals surface area (Å²) in [5.41, 5.74) is 1.34. The summed E-state index contributed by atoms with van der Waals surface area (Å²) in [6.07, 6.45) is 0. The van der Waals surface area contributed by atoms with Gasteiger partial charge >= 0.3 is 0 Å². The smallest absolute Gasteiger partial charge is 0.106 e. The summed E-state index contributed by atoms with van der Waals surface area (Å²) in [7, 11) is 1.97. The molecule has 0 aliphatic heterocycles. The van der Waals surface area contributed by atoms with E-state index >= 15 is 0 Å². The lowest BCUT2D eigenvalue weighted by Crippen LogP contribution is -2.11. The Bertz CT molecular complexity index is 199. The number of rotatable bonds is 2. The van der Waals surface area contributed by atoms with Crippen LogP contribution in [-0.4, -0.2) is 13.8 Å². The highest BCUT2D eigenvalue weighted by Crippen LogP contribution is 2.09. The van der Waals surface area contributed by atoms with Crippen molar-refractivity contribution in [2.75, 3.05) is 7.05 Å². The first kappa shape index (κ1) is 15.3. The Morgan fingerprint density at radius 3 is 1.93 bits per heavy atom. The van der Waals surface area contributed by atoms with Gasteiger partial charge in [-0.25, -0.2) is 0 Å². The molecule has 1 aromatic carbocycles. The van der Waals surface area contributed by atoms with E-state index < -0.39 is 0 Å². The third-order valence-corrected chi connectivity index (χ3v) is 1.73. The van der Waals surface area contributed by atoms with Crippen LogP contribution in [0, 0.1) is 0 Å². The summed E-state index contributed by atoms with van der Waals surface area (Å²) >= 11 is 0. The molecule has 0 saturated heterocycles. The Kier molecular flexibility index (Phi) is 13.0. The van der Waals surface area contributed by atoms with E-state index in [1.807, 2.05) is 33.8 Å². The lowest BCUT2D eigenvalue weighted by atomic mass is 10.1. The molecule has 0 bridgehead atoms. The molecule has 2 nitrogen and oxygen atoms in total. The van der Waals surface area contributed by atoms with E-state index in [1.54, 1.807) is 0 Å². The fourth-order valence-electron chi connectivity index (χ4n) is 0.908. The van der Waals surface area contributed by atoms with E-state index in [-0.39, 0.29) is 0 Å². The molecule has 0 spiro atoms. The standard InChI is InChI=1S/C9H13N.C2H6.CH2O/c1-8(10-2)9-6-4-3-5-7-9;2*1-2/h3-8,10H,1-2H3;1-2H3;1H2. The van der Waals surface area contributed by atoms with E-state index in [0.29, 0.717) is 6.04 Å². The van der Waals surface area contributed by atoms with Crippen LogP contribution in [0.25, 0.3) is 0 Å². The van der Waals surface area contributed by atoms with Gasteiger partial charge in [0, 0.05) is 6.04 Å². The highest BCUT2D eigenvalue weighted by atomic mass is 16.1. The maximum Gasteiger partial charge on any atom is 0.106 e. The number of nitrogens with one attached hydrogen (secondary N) is 1. The molecular weight excluding hydrogens is 174 g/mol. The molecule has 0 fully saturated rings. The van der Waals surface area contributed by atoms with Gasteiger partial charge in [0.1, 0.15) is 6.79 Å². The number of benzene rings is 1. The molecule has 80 valence electrons. The highest BCUT2D eigenvalue weighted by Gasteiger charge is 1.97. The van der Waals surface area contributed by atoms with Crippen molar-refractivity contribution in [1.82, 2.24) is 5.32 Å². The second-order valence-corrected chi connectivity index (χ2v) is 2.42. The van der Waals surface area contributed by atoms with E-state index in [2.05, 4.69) is 36.5 Å². The zero-order valence-corrected chi connectivity index (χ0v) is 9.58. The maximum atomic E-state index is 8.00. The topological polar surface area (TPSA) is 29.1 Å². The predicted octanol–water partition coefficient (Wildman–Crippen LogP) is 2.81. The average Bonchev–Trinajstić information content (AvgIpc) is 2.34. The molecule has 0 aliphatic carbocycles. The van der Waals surface area contributed by atoms with Gasteiger partial charge in [-0.05, 0) is 19.5 Å². The monoisotopic (exact) mass is 195 g/mol. The lowest BCUT2D eigenvalue weighted by molar-refractivity contribution is -0.0979. The fraction of sp³-hybridized carbons (Fsp3) is 0.417. The van der Waals surface area contributed by atoms with Crippen molar-refractivity contribution >= 4 is 6.79 Å². The second-order valence-electron chi connectivity index (χ2n) is 2.42. The zero-order chi connectivity index (χ0) is 11.4. The second kappa shape index (κ2) is 11.8. The molecule has 0 radical (unpaired) electrons. The molecule has 2 heteroatoms. The first-order valence-corrected chi connectivity index (χ1v) is 4.85. The summed E-state index contributed by atoms with van der Waals surface area (Å²) in [5, 5.41) is 3.18. The van der Waals surface area contributed by atoms with Crippen molar-refractivity contribution in [2.24, 2.45) is 0 Å². The predicted molar refractivity (Wildman–Crippen MR) is 62.4 cm³/mol. The molecule has 14 heavy (non-hydrogen) atoms. The Morgan fingerprint density at radius 1 is 1.14 bits per heavy atom. The minimum absolute atomic E-state index is 0.459. The first-order chi connectivity index (χ1) is 6.84. The van der Waals surface area contributed by atoms with Crippen molar-refractivity contribution in [1.29, 1.82) is 0 Å². The number of carbonyl (C=O) groups excluding carboxylic acids is 1. The van der Waals surface area contributed by atoms with Gasteiger partial charge < -0.3 is 10.1 Å². The Hall–Kier alpha value is -1.15. The van der Waals surface area contributed by atoms with Crippen molar-refractivity contribution in [2.45, 2.75) is 26.8 Å². The number of hydrogen-bond acceptors (Lipinski definition) is 2. The van der Waals surface area contributed by atoms with Crippen LogP contribution in [-0.2, 0) is 4.79 Å². The molecule has 0 saturated carbocycles. The molecule has 1 aromatic rings. The molecule has 0 aromatic heterocycles. The molecule has 1 N–H and O–H groups in total. The van der Waals surface area contributed by atoms with Gasteiger partial charge in [0.2, 0.25) is 0 Å². The zero-order valence-electron chi connectivity index (χ0n) is 9.58. The molecule has 1 unspecified atom stereocenters. The molecule has 1 rings (SSSR count). The van der Waals surface area contributed by atoms with Crippen LogP contribution in [0.1, 0.15) is 32.4 Å². The summed E-state index contributed by atoms with van der Waals surface area (Å²) in [4.78, 5) is 8.00. The minimum atomic E-state index is 0.459. The van der Waals surface area contributed by atoms with E-state index in [0.717, 1.165) is 0 Å². The summed E-state index contributed by atoms with van der Waals surface area (Å²) < 4.78 is 0. The third-order valence-electron chi connectivity index (χ3n) is 1.73. The van der Waals surface area contributed by atoms with Crippen LogP contribution in [0.3, 0.4) is 0 Å². The van der Waals surface area contributed by atoms with Crippen LogP contribution in [0.2, 0.25) is 0 Å². The first-order valence-electron chi connectivity index (χ1n) is 4.85. The SMILES string of the molecule is C=O.CC.CNC(C)c1ccccc1. The Labute approximate surface area is 87.3 Å². The maximum absolute atomic E-state index is 8.00. The Morgan fingerprint density at radius 2 is 1.57 bits per heavy atom. The summed E-state index contributed by atoms with van der Waals surface area (Å²) in [6, 6.07) is 10.9. The highest BCUT2D eigenvalue weighted by molar-refractivity contribution is 5.17.